The van der Waals surface area contributed by atoms with E-state index in [1.807, 2.05) is 72.4 Å². The van der Waals surface area contributed by atoms with E-state index in [0.29, 0.717) is 12.1 Å². The van der Waals surface area contributed by atoms with Crippen molar-refractivity contribution in [2.24, 2.45) is 0 Å². The molecule has 0 unspecified atom stereocenters. The van der Waals surface area contributed by atoms with Crippen LogP contribution in [0.4, 0.5) is 0 Å². The number of phenols is 2. The summed E-state index contributed by atoms with van der Waals surface area (Å²) in [6.07, 6.45) is -0.0521. The average molecular weight is 490 g/mol. The van der Waals surface area contributed by atoms with Crippen LogP contribution in [0.2, 0.25) is 0 Å². The van der Waals surface area contributed by atoms with E-state index < -0.39 is 17.1 Å². The highest BCUT2D eigenvalue weighted by molar-refractivity contribution is 7.99. The van der Waals surface area contributed by atoms with Crippen LogP contribution < -0.4 is 4.74 Å². The monoisotopic (exact) mass is 489 g/mol. The Hall–Kier alpha value is -3.29. The third kappa shape index (κ3) is 4.09. The summed E-state index contributed by atoms with van der Waals surface area (Å²) < 4.78 is 6.75. The van der Waals surface area contributed by atoms with Crippen molar-refractivity contribution in [1.29, 1.82) is 0 Å². The lowest BCUT2D eigenvalue weighted by molar-refractivity contribution is 0.0596. The summed E-state index contributed by atoms with van der Waals surface area (Å²) in [5.41, 5.74) is 0.542. The van der Waals surface area contributed by atoms with Crippen LogP contribution in [-0.2, 0) is 12.1 Å². The zero-order chi connectivity index (χ0) is 24.6. The highest BCUT2D eigenvalue weighted by Gasteiger charge is 2.47. The Balaban J connectivity index is 1.75. The zero-order valence-corrected chi connectivity index (χ0v) is 20.3. The van der Waals surface area contributed by atoms with Gasteiger partial charge in [-0.25, -0.2) is 0 Å². The lowest BCUT2D eigenvalue weighted by atomic mass is 9.78. The molecule has 0 spiro atoms. The first-order chi connectivity index (χ1) is 16.9. The van der Waals surface area contributed by atoms with Gasteiger partial charge in [0, 0.05) is 42.3 Å². The van der Waals surface area contributed by atoms with E-state index in [2.05, 4.69) is 4.90 Å². The van der Waals surface area contributed by atoms with Gasteiger partial charge in [0.25, 0.3) is 0 Å². The molecule has 5 rings (SSSR count). The largest absolute Gasteiger partial charge is 0.507 e. The second-order valence-corrected chi connectivity index (χ2v) is 10.2. The van der Waals surface area contributed by atoms with E-state index in [0.717, 1.165) is 35.7 Å². The van der Waals surface area contributed by atoms with Crippen molar-refractivity contribution >= 4 is 23.3 Å². The summed E-state index contributed by atoms with van der Waals surface area (Å²) in [7, 11) is 0. The molecule has 2 aliphatic rings. The number of ether oxygens (including phenoxy) is 1. The molecule has 2 N–H and O–H groups in total. The maximum absolute atomic E-state index is 13.7. The molecular weight excluding hydrogens is 462 g/mol. The molecule has 35 heavy (non-hydrogen) atoms. The Morgan fingerprint density at radius 1 is 0.971 bits per heavy atom. The fourth-order valence-corrected chi connectivity index (χ4v) is 6.00. The first-order valence-corrected chi connectivity index (χ1v) is 12.8. The molecule has 0 amide bonds. The fourth-order valence-electron chi connectivity index (χ4n) is 5.02. The number of Topliss-reactive ketones (excluding diaryl/α,β-unsaturated/α-hetero) is 2. The number of carbonyl (C=O) groups excluding carboxylic acids is 2. The number of phenolic OH excluding ortho intramolecular Hbond substituents is 2. The maximum Gasteiger partial charge on any atom is 0.175 e. The number of hydrogen-bond acceptors (Lipinski definition) is 7. The number of fused-ring (bicyclic) bond motifs is 1. The van der Waals surface area contributed by atoms with Crippen molar-refractivity contribution in [1.82, 2.24) is 4.90 Å². The van der Waals surface area contributed by atoms with Crippen LogP contribution in [0, 0.1) is 0 Å². The van der Waals surface area contributed by atoms with Gasteiger partial charge >= 0.3 is 0 Å². The quantitative estimate of drug-likeness (QED) is 0.500. The van der Waals surface area contributed by atoms with E-state index in [1.54, 1.807) is 0 Å². The van der Waals surface area contributed by atoms with E-state index >= 15 is 0 Å². The molecule has 0 aromatic heterocycles. The van der Waals surface area contributed by atoms with Gasteiger partial charge in [-0.05, 0) is 6.92 Å². The lowest BCUT2D eigenvalue weighted by Gasteiger charge is -2.40. The SMILES string of the molecule is CC(=O)c1c(O)c(CN2CCSCC2)c2c(c1O)C(=O)CC(c1ccccc1)(c1ccccc1)O2. The summed E-state index contributed by atoms with van der Waals surface area (Å²) in [6, 6.07) is 19.0. The van der Waals surface area contributed by atoms with Crippen LogP contribution in [0.3, 0.4) is 0 Å². The molecule has 3 aromatic rings. The predicted molar refractivity (Wildman–Crippen MR) is 136 cm³/mol. The number of ketones is 2. The summed E-state index contributed by atoms with van der Waals surface area (Å²) >= 11 is 1.86. The van der Waals surface area contributed by atoms with Gasteiger partial charge in [0.1, 0.15) is 28.4 Å². The van der Waals surface area contributed by atoms with Crippen LogP contribution in [0.25, 0.3) is 0 Å². The summed E-state index contributed by atoms with van der Waals surface area (Å²) in [6.45, 7) is 3.20. The Kier molecular flexibility index (Phi) is 6.30. The minimum Gasteiger partial charge on any atom is -0.507 e. The number of benzene rings is 3. The van der Waals surface area contributed by atoms with Crippen molar-refractivity contribution in [2.45, 2.75) is 25.5 Å². The highest BCUT2D eigenvalue weighted by atomic mass is 32.2. The van der Waals surface area contributed by atoms with Crippen molar-refractivity contribution in [2.75, 3.05) is 24.6 Å². The van der Waals surface area contributed by atoms with Gasteiger partial charge in [0.05, 0.1) is 12.0 Å². The average Bonchev–Trinajstić information content (AvgIpc) is 2.87. The van der Waals surface area contributed by atoms with E-state index in [4.69, 9.17) is 4.74 Å². The first kappa shape index (κ1) is 23.5. The maximum atomic E-state index is 13.7. The third-order valence-electron chi connectivity index (χ3n) is 6.78. The van der Waals surface area contributed by atoms with Crippen molar-refractivity contribution in [3.8, 4) is 17.2 Å². The molecule has 2 aliphatic heterocycles. The van der Waals surface area contributed by atoms with Gasteiger partial charge < -0.3 is 14.9 Å². The number of carbonyl (C=O) groups is 2. The van der Waals surface area contributed by atoms with E-state index in [9.17, 15) is 19.8 Å². The molecular formula is C28H27NO5S. The van der Waals surface area contributed by atoms with Gasteiger partial charge in [-0.15, -0.1) is 0 Å². The Morgan fingerprint density at radius 2 is 1.54 bits per heavy atom. The molecule has 0 radical (unpaired) electrons. The van der Waals surface area contributed by atoms with Crippen molar-refractivity contribution < 1.29 is 24.5 Å². The van der Waals surface area contributed by atoms with E-state index in [1.165, 1.54) is 6.92 Å². The van der Waals surface area contributed by atoms with Crippen molar-refractivity contribution in [3.63, 3.8) is 0 Å². The standard InChI is InChI=1S/C28H27NO5S/c1-18(30)23-25(32)21(17-29-12-14-35-15-13-29)27-24(26(23)33)22(31)16-28(34-27,19-8-4-2-5-9-19)20-10-6-3-7-11-20/h2-11,32-33H,12-17H2,1H3. The van der Waals surface area contributed by atoms with Crippen LogP contribution in [0.1, 0.15) is 50.8 Å². The minimum absolute atomic E-state index is 0.0307. The molecule has 6 nitrogen and oxygen atoms in total. The molecule has 1 saturated heterocycles. The molecule has 1 fully saturated rings. The van der Waals surface area contributed by atoms with Gasteiger partial charge in [0.15, 0.2) is 17.2 Å². The smallest absolute Gasteiger partial charge is 0.175 e. The summed E-state index contributed by atoms with van der Waals surface area (Å²) in [4.78, 5) is 28.3. The van der Waals surface area contributed by atoms with Crippen molar-refractivity contribution in [3.05, 3.63) is 88.5 Å². The third-order valence-corrected chi connectivity index (χ3v) is 7.72. The minimum atomic E-state index is -1.14. The number of aromatic hydroxyl groups is 2. The van der Waals surface area contributed by atoms with Gasteiger partial charge in [0.2, 0.25) is 0 Å². The van der Waals surface area contributed by atoms with E-state index in [-0.39, 0.29) is 34.8 Å². The van der Waals surface area contributed by atoms with Gasteiger partial charge in [-0.3, -0.25) is 14.5 Å². The number of hydrogen-bond donors (Lipinski definition) is 2. The fraction of sp³-hybridized carbons (Fsp3) is 0.286. The molecule has 7 heteroatoms. The molecule has 0 atom stereocenters. The lowest BCUT2D eigenvalue weighted by Crippen LogP contribution is -2.41. The number of nitrogens with zero attached hydrogens (tertiary/aromatic N) is 1. The molecule has 0 aliphatic carbocycles. The number of rotatable bonds is 5. The van der Waals surface area contributed by atoms with Crippen LogP contribution in [-0.4, -0.2) is 51.3 Å². The van der Waals surface area contributed by atoms with Crippen LogP contribution in [0.5, 0.6) is 17.2 Å². The van der Waals surface area contributed by atoms with Gasteiger partial charge in [-0.2, -0.15) is 11.8 Å². The Morgan fingerprint density at radius 3 is 2.09 bits per heavy atom. The predicted octanol–water partition coefficient (Wildman–Crippen LogP) is 4.76. The second-order valence-electron chi connectivity index (χ2n) is 8.96. The zero-order valence-electron chi connectivity index (χ0n) is 19.5. The normalized spacial score (nSPS) is 17.5. The molecule has 0 saturated carbocycles. The summed E-state index contributed by atoms with van der Waals surface area (Å²) in [5, 5.41) is 22.2. The highest BCUT2D eigenvalue weighted by Crippen LogP contribution is 2.52. The molecule has 0 bridgehead atoms. The number of thioether (sulfide) groups is 1. The molecule has 2 heterocycles. The first-order valence-electron chi connectivity index (χ1n) is 11.7. The van der Waals surface area contributed by atoms with Crippen LogP contribution >= 0.6 is 11.8 Å². The second kappa shape index (κ2) is 9.40. The summed E-state index contributed by atoms with van der Waals surface area (Å²) in [5.74, 6) is 0.381. The Labute approximate surface area is 208 Å². The van der Waals surface area contributed by atoms with Gasteiger partial charge in [-0.1, -0.05) is 60.7 Å². The van der Waals surface area contributed by atoms with Crippen LogP contribution in [0.15, 0.2) is 60.7 Å². The molecule has 3 aromatic carbocycles. The topological polar surface area (TPSA) is 87.1 Å². The molecule has 180 valence electrons. The Bertz CT molecular complexity index is 1230.